The highest BCUT2D eigenvalue weighted by atomic mass is 32.2. The van der Waals surface area contributed by atoms with E-state index in [1.54, 1.807) is 0 Å². The molecule has 21 heavy (non-hydrogen) atoms. The summed E-state index contributed by atoms with van der Waals surface area (Å²) in [6, 6.07) is 5.47. The van der Waals surface area contributed by atoms with Crippen LogP contribution in [0.15, 0.2) is 34.1 Å². The van der Waals surface area contributed by atoms with Crippen molar-refractivity contribution >= 4 is 20.0 Å². The lowest BCUT2D eigenvalue weighted by Crippen LogP contribution is -2.42. The minimum atomic E-state index is -4.09. The number of piperidine rings is 1. The molecule has 0 amide bonds. The van der Waals surface area contributed by atoms with Gasteiger partial charge in [0.15, 0.2) is 0 Å². The number of nitrogens with two attached hydrogens (primary N) is 1. The fourth-order valence-corrected chi connectivity index (χ4v) is 5.39. The standard InChI is InChI=1S/C13H20N2O4S2/c1-10-7-8-15(9-11(10)2)21(18,19)13-6-4-3-5-12(13)20(14,16)17/h3-6,10-11H,7-9H2,1-2H3,(H2,14,16,17). The first-order valence-electron chi connectivity index (χ1n) is 6.76. The predicted octanol–water partition coefficient (Wildman–Crippen LogP) is 1.00. The van der Waals surface area contributed by atoms with Crippen LogP contribution in [0, 0.1) is 11.8 Å². The number of sulfonamides is 2. The van der Waals surface area contributed by atoms with E-state index in [0.29, 0.717) is 19.0 Å². The summed E-state index contributed by atoms with van der Waals surface area (Å²) >= 11 is 0. The van der Waals surface area contributed by atoms with E-state index in [1.165, 1.54) is 28.6 Å². The molecule has 2 N–H and O–H groups in total. The highest BCUT2D eigenvalue weighted by Gasteiger charge is 2.34. The molecule has 0 aliphatic carbocycles. The van der Waals surface area contributed by atoms with Crippen molar-refractivity contribution in [2.45, 2.75) is 30.1 Å². The molecule has 0 spiro atoms. The summed E-state index contributed by atoms with van der Waals surface area (Å²) in [5.41, 5.74) is 0. The Labute approximate surface area is 126 Å². The molecule has 0 bridgehead atoms. The molecule has 2 atom stereocenters. The van der Waals surface area contributed by atoms with Crippen molar-refractivity contribution in [3.63, 3.8) is 0 Å². The summed E-state index contributed by atoms with van der Waals surface area (Å²) < 4.78 is 50.0. The third-order valence-electron chi connectivity index (χ3n) is 4.07. The monoisotopic (exact) mass is 332 g/mol. The number of hydrogen-bond donors (Lipinski definition) is 1. The van der Waals surface area contributed by atoms with E-state index in [0.717, 1.165) is 6.42 Å². The molecule has 0 saturated carbocycles. The third kappa shape index (κ3) is 3.28. The normalized spacial score (nSPS) is 24.9. The Morgan fingerprint density at radius 2 is 1.62 bits per heavy atom. The fraction of sp³-hybridized carbons (Fsp3) is 0.538. The van der Waals surface area contributed by atoms with Gasteiger partial charge in [-0.25, -0.2) is 22.0 Å². The van der Waals surface area contributed by atoms with Crippen LogP contribution in [0.4, 0.5) is 0 Å². The van der Waals surface area contributed by atoms with Gasteiger partial charge < -0.3 is 0 Å². The summed E-state index contributed by atoms with van der Waals surface area (Å²) in [7, 11) is -7.94. The summed E-state index contributed by atoms with van der Waals surface area (Å²) in [5, 5.41) is 5.12. The van der Waals surface area contributed by atoms with E-state index in [2.05, 4.69) is 6.92 Å². The molecule has 0 aromatic heterocycles. The zero-order valence-electron chi connectivity index (χ0n) is 12.1. The number of benzene rings is 1. The Kier molecular flexibility index (Phi) is 4.44. The molecular weight excluding hydrogens is 312 g/mol. The summed E-state index contributed by atoms with van der Waals surface area (Å²) in [5.74, 6) is 0.681. The van der Waals surface area contributed by atoms with E-state index >= 15 is 0 Å². The Morgan fingerprint density at radius 1 is 1.05 bits per heavy atom. The van der Waals surface area contributed by atoms with Gasteiger partial charge in [-0.2, -0.15) is 4.31 Å². The zero-order chi connectivity index (χ0) is 15.8. The molecule has 6 nitrogen and oxygen atoms in total. The molecule has 1 heterocycles. The van der Waals surface area contributed by atoms with Crippen LogP contribution in [0.5, 0.6) is 0 Å². The van der Waals surface area contributed by atoms with Gasteiger partial charge >= 0.3 is 0 Å². The van der Waals surface area contributed by atoms with E-state index in [9.17, 15) is 16.8 Å². The molecule has 1 aliphatic rings. The maximum atomic E-state index is 12.7. The van der Waals surface area contributed by atoms with Crippen molar-refractivity contribution in [2.24, 2.45) is 17.0 Å². The molecule has 118 valence electrons. The summed E-state index contributed by atoms with van der Waals surface area (Å²) in [6.07, 6.45) is 0.762. The Bertz CT molecular complexity index is 728. The predicted molar refractivity (Wildman–Crippen MR) is 79.5 cm³/mol. The lowest BCUT2D eigenvalue weighted by atomic mass is 9.90. The van der Waals surface area contributed by atoms with Gasteiger partial charge in [0.25, 0.3) is 0 Å². The molecule has 2 unspecified atom stereocenters. The lowest BCUT2D eigenvalue weighted by molar-refractivity contribution is 0.212. The quantitative estimate of drug-likeness (QED) is 0.893. The minimum Gasteiger partial charge on any atom is -0.225 e. The van der Waals surface area contributed by atoms with Gasteiger partial charge in [0.1, 0.15) is 9.79 Å². The van der Waals surface area contributed by atoms with Crippen LogP contribution in [0.2, 0.25) is 0 Å². The van der Waals surface area contributed by atoms with Crippen LogP contribution >= 0.6 is 0 Å². The van der Waals surface area contributed by atoms with Crippen molar-refractivity contribution in [3.05, 3.63) is 24.3 Å². The van der Waals surface area contributed by atoms with Gasteiger partial charge in [0.05, 0.1) is 0 Å². The molecule has 1 aromatic carbocycles. The van der Waals surface area contributed by atoms with Gasteiger partial charge in [-0.15, -0.1) is 0 Å². The van der Waals surface area contributed by atoms with Crippen LogP contribution in [0.3, 0.4) is 0 Å². The second-order valence-corrected chi connectivity index (χ2v) is 9.03. The molecule has 1 aromatic rings. The highest BCUT2D eigenvalue weighted by Crippen LogP contribution is 2.29. The topological polar surface area (TPSA) is 97.5 Å². The van der Waals surface area contributed by atoms with Gasteiger partial charge in [-0.1, -0.05) is 26.0 Å². The number of rotatable bonds is 3. The van der Waals surface area contributed by atoms with Crippen LogP contribution in [-0.4, -0.2) is 34.2 Å². The molecule has 8 heteroatoms. The molecule has 1 fully saturated rings. The first-order chi connectivity index (χ1) is 9.64. The van der Waals surface area contributed by atoms with E-state index in [4.69, 9.17) is 5.14 Å². The van der Waals surface area contributed by atoms with Crippen LogP contribution in [0.1, 0.15) is 20.3 Å². The van der Waals surface area contributed by atoms with Gasteiger partial charge in [0.2, 0.25) is 20.0 Å². The summed E-state index contributed by atoms with van der Waals surface area (Å²) in [4.78, 5) is -0.592. The van der Waals surface area contributed by atoms with Gasteiger partial charge in [-0.3, -0.25) is 0 Å². The van der Waals surface area contributed by atoms with Crippen molar-refractivity contribution in [3.8, 4) is 0 Å². The summed E-state index contributed by atoms with van der Waals surface area (Å²) in [6.45, 7) is 4.88. The van der Waals surface area contributed by atoms with E-state index in [1.807, 2.05) is 6.92 Å². The van der Waals surface area contributed by atoms with Gasteiger partial charge in [0, 0.05) is 13.1 Å². The minimum absolute atomic E-state index is 0.232. The van der Waals surface area contributed by atoms with Crippen LogP contribution in [-0.2, 0) is 20.0 Å². The Balaban J connectivity index is 2.47. The van der Waals surface area contributed by atoms with E-state index in [-0.39, 0.29) is 15.7 Å². The van der Waals surface area contributed by atoms with Crippen molar-refractivity contribution < 1.29 is 16.8 Å². The Hall–Kier alpha value is -0.960. The number of nitrogens with zero attached hydrogens (tertiary/aromatic N) is 1. The lowest BCUT2D eigenvalue weighted by Gasteiger charge is -2.34. The van der Waals surface area contributed by atoms with Crippen molar-refractivity contribution in [1.29, 1.82) is 0 Å². The molecule has 0 radical (unpaired) electrons. The maximum absolute atomic E-state index is 12.7. The third-order valence-corrected chi connectivity index (χ3v) is 7.09. The smallest absolute Gasteiger partial charge is 0.225 e. The zero-order valence-corrected chi connectivity index (χ0v) is 13.7. The van der Waals surface area contributed by atoms with Crippen molar-refractivity contribution in [2.75, 3.05) is 13.1 Å². The molecule has 2 rings (SSSR count). The number of primary sulfonamides is 1. The van der Waals surface area contributed by atoms with Crippen LogP contribution in [0.25, 0.3) is 0 Å². The first-order valence-corrected chi connectivity index (χ1v) is 9.74. The van der Waals surface area contributed by atoms with Crippen molar-refractivity contribution in [1.82, 2.24) is 4.31 Å². The molecule has 1 aliphatic heterocycles. The highest BCUT2D eigenvalue weighted by molar-refractivity contribution is 7.92. The second-order valence-electron chi connectivity index (χ2n) is 5.60. The average molecular weight is 332 g/mol. The average Bonchev–Trinajstić information content (AvgIpc) is 2.41. The second kappa shape index (κ2) is 5.68. The number of hydrogen-bond acceptors (Lipinski definition) is 4. The SMILES string of the molecule is CC1CCN(S(=O)(=O)c2ccccc2S(N)(=O)=O)CC1C. The largest absolute Gasteiger partial charge is 0.244 e. The molecule has 1 saturated heterocycles. The fourth-order valence-electron chi connectivity index (χ4n) is 2.48. The first kappa shape index (κ1) is 16.4. The maximum Gasteiger partial charge on any atom is 0.244 e. The van der Waals surface area contributed by atoms with Gasteiger partial charge in [-0.05, 0) is 30.4 Å². The Morgan fingerprint density at radius 3 is 2.14 bits per heavy atom. The van der Waals surface area contributed by atoms with Crippen LogP contribution < -0.4 is 5.14 Å². The molecular formula is C13H20N2O4S2. The van der Waals surface area contributed by atoms with E-state index < -0.39 is 20.0 Å².